The van der Waals surface area contributed by atoms with Crippen LogP contribution in [0.2, 0.25) is 0 Å². The number of carbonyl (C=O) groups is 1. The Morgan fingerprint density at radius 3 is 2.35 bits per heavy atom. The third kappa shape index (κ3) is 1.38. The van der Waals surface area contributed by atoms with Crippen molar-refractivity contribution >= 4 is 5.97 Å². The van der Waals surface area contributed by atoms with Gasteiger partial charge in [-0.05, 0) is 80.0 Å². The Morgan fingerprint density at radius 1 is 1.00 bits per heavy atom. The van der Waals surface area contributed by atoms with Gasteiger partial charge in [-0.2, -0.15) is 0 Å². The first-order valence-electron chi connectivity index (χ1n) is 9.60. The zero-order valence-corrected chi connectivity index (χ0v) is 14.6. The molecule has 9 atom stereocenters. The maximum absolute atomic E-state index is 12.1. The molecule has 0 heterocycles. The van der Waals surface area contributed by atoms with E-state index in [-0.39, 0.29) is 22.9 Å². The minimum absolute atomic E-state index is 0.107. The monoisotopic (exact) mass is 318 g/mol. The van der Waals surface area contributed by atoms with Gasteiger partial charge < -0.3 is 10.2 Å². The van der Waals surface area contributed by atoms with Crippen LogP contribution < -0.4 is 0 Å². The normalized spacial score (nSPS) is 65.7. The molecule has 4 bridgehead atoms. The van der Waals surface area contributed by atoms with Crippen molar-refractivity contribution in [1.82, 2.24) is 0 Å². The third-order valence-electron chi connectivity index (χ3n) is 9.95. The summed E-state index contributed by atoms with van der Waals surface area (Å²) in [5.74, 6) is 1.74. The summed E-state index contributed by atoms with van der Waals surface area (Å²) in [6.45, 7) is 6.78. The van der Waals surface area contributed by atoms with E-state index in [1.165, 1.54) is 19.3 Å². The number of fused-ring (bicyclic) bond motifs is 1. The van der Waals surface area contributed by atoms with Gasteiger partial charge in [0.15, 0.2) is 0 Å². The van der Waals surface area contributed by atoms with Gasteiger partial charge in [0.2, 0.25) is 0 Å². The highest BCUT2D eigenvalue weighted by Gasteiger charge is 2.80. The minimum atomic E-state index is -0.650. The van der Waals surface area contributed by atoms with Crippen molar-refractivity contribution in [3.05, 3.63) is 0 Å². The molecule has 6 aliphatic rings. The van der Waals surface area contributed by atoms with Crippen molar-refractivity contribution in [3.8, 4) is 0 Å². The summed E-state index contributed by atoms with van der Waals surface area (Å²) in [5.41, 5.74) is 0.0736. The molecule has 3 heteroatoms. The van der Waals surface area contributed by atoms with Crippen LogP contribution >= 0.6 is 0 Å². The number of aliphatic carboxylic acids is 1. The molecule has 1 spiro atoms. The van der Waals surface area contributed by atoms with Gasteiger partial charge in [-0.25, -0.2) is 0 Å². The van der Waals surface area contributed by atoms with E-state index in [1.54, 1.807) is 0 Å². The predicted octanol–water partition coefficient (Wildman–Crippen LogP) is 3.70. The number of hydrogen-bond donors (Lipinski definition) is 2. The van der Waals surface area contributed by atoms with Crippen LogP contribution in [0.15, 0.2) is 0 Å². The SMILES string of the molecule is C[C@@]12CCC[C@@](C)(C(=O)O)[C@H]1C[C@@H](O)[C@@]13C[C@H]4[C@@H](C[C@@H]21)[C@@]4(C)C3. The summed E-state index contributed by atoms with van der Waals surface area (Å²) < 4.78 is 0. The predicted molar refractivity (Wildman–Crippen MR) is 86.7 cm³/mol. The molecular formula is C20H30O3. The van der Waals surface area contributed by atoms with Crippen LogP contribution in [-0.2, 0) is 4.79 Å². The molecule has 6 saturated carbocycles. The maximum Gasteiger partial charge on any atom is 0.309 e. The number of aliphatic hydroxyl groups excluding tert-OH is 1. The Kier molecular flexibility index (Phi) is 2.45. The van der Waals surface area contributed by atoms with Crippen LogP contribution in [0.5, 0.6) is 0 Å². The largest absolute Gasteiger partial charge is 0.481 e. The Morgan fingerprint density at radius 2 is 1.74 bits per heavy atom. The van der Waals surface area contributed by atoms with Gasteiger partial charge in [0.25, 0.3) is 0 Å². The minimum Gasteiger partial charge on any atom is -0.481 e. The third-order valence-corrected chi connectivity index (χ3v) is 9.95. The van der Waals surface area contributed by atoms with Gasteiger partial charge in [-0.15, -0.1) is 0 Å². The second-order valence-corrected chi connectivity index (χ2v) is 10.5. The average Bonchev–Trinajstić information content (AvgIpc) is 2.93. The molecular weight excluding hydrogens is 288 g/mol. The summed E-state index contributed by atoms with van der Waals surface area (Å²) in [4.78, 5) is 12.1. The van der Waals surface area contributed by atoms with Gasteiger partial charge in [0, 0.05) is 5.41 Å². The topological polar surface area (TPSA) is 57.5 Å². The molecule has 0 unspecified atom stereocenters. The fourth-order valence-electron chi connectivity index (χ4n) is 8.77. The van der Waals surface area contributed by atoms with Crippen molar-refractivity contribution in [3.63, 3.8) is 0 Å². The molecule has 0 aromatic rings. The molecule has 23 heavy (non-hydrogen) atoms. The molecule has 0 aliphatic heterocycles. The number of carboxylic acid groups (broad SMARTS) is 1. The molecule has 6 aliphatic carbocycles. The van der Waals surface area contributed by atoms with Crippen molar-refractivity contribution in [2.75, 3.05) is 0 Å². The number of hydrogen-bond acceptors (Lipinski definition) is 2. The molecule has 3 nitrogen and oxygen atoms in total. The highest BCUT2D eigenvalue weighted by atomic mass is 16.4. The van der Waals surface area contributed by atoms with Crippen LogP contribution in [0.4, 0.5) is 0 Å². The van der Waals surface area contributed by atoms with Gasteiger partial charge in [0.05, 0.1) is 11.5 Å². The molecule has 0 saturated heterocycles. The van der Waals surface area contributed by atoms with Crippen molar-refractivity contribution in [2.45, 2.75) is 71.8 Å². The smallest absolute Gasteiger partial charge is 0.309 e. The van der Waals surface area contributed by atoms with E-state index in [2.05, 4.69) is 13.8 Å². The van der Waals surface area contributed by atoms with E-state index in [0.717, 1.165) is 31.1 Å². The Bertz CT molecular complexity index is 602. The van der Waals surface area contributed by atoms with E-state index in [9.17, 15) is 15.0 Å². The van der Waals surface area contributed by atoms with E-state index >= 15 is 0 Å². The maximum atomic E-state index is 12.1. The lowest BCUT2D eigenvalue weighted by Gasteiger charge is -2.66. The lowest BCUT2D eigenvalue weighted by molar-refractivity contribution is -0.219. The fraction of sp³-hybridized carbons (Fsp3) is 0.950. The van der Waals surface area contributed by atoms with Crippen molar-refractivity contribution in [2.24, 2.45) is 45.3 Å². The van der Waals surface area contributed by atoms with Gasteiger partial charge in [0.1, 0.15) is 0 Å². The molecule has 0 amide bonds. The Labute approximate surface area is 138 Å². The number of aliphatic hydroxyl groups is 1. The fourth-order valence-corrected chi connectivity index (χ4v) is 8.77. The van der Waals surface area contributed by atoms with Crippen LogP contribution in [0.25, 0.3) is 0 Å². The van der Waals surface area contributed by atoms with Gasteiger partial charge >= 0.3 is 5.97 Å². The molecule has 0 aromatic heterocycles. The average molecular weight is 318 g/mol. The zero-order valence-electron chi connectivity index (χ0n) is 14.6. The van der Waals surface area contributed by atoms with E-state index in [4.69, 9.17) is 0 Å². The van der Waals surface area contributed by atoms with E-state index < -0.39 is 11.4 Å². The second-order valence-electron chi connectivity index (χ2n) is 10.5. The highest BCUT2D eigenvalue weighted by molar-refractivity contribution is 5.75. The molecule has 0 radical (unpaired) electrons. The molecule has 6 fully saturated rings. The Hall–Kier alpha value is -0.570. The summed E-state index contributed by atoms with van der Waals surface area (Å²) in [7, 11) is 0. The molecule has 0 aromatic carbocycles. The Balaban J connectivity index is 1.60. The van der Waals surface area contributed by atoms with Crippen molar-refractivity contribution < 1.29 is 15.0 Å². The highest BCUT2D eigenvalue weighted by Crippen LogP contribution is 2.85. The zero-order chi connectivity index (χ0) is 16.4. The lowest BCUT2D eigenvalue weighted by atomic mass is 9.39. The van der Waals surface area contributed by atoms with Gasteiger partial charge in [-0.1, -0.05) is 20.3 Å². The van der Waals surface area contributed by atoms with Crippen LogP contribution in [0, 0.1) is 45.3 Å². The van der Waals surface area contributed by atoms with E-state index in [0.29, 0.717) is 17.8 Å². The molecule has 128 valence electrons. The first-order chi connectivity index (χ1) is 10.7. The molecule has 2 N–H and O–H groups in total. The molecule has 6 rings (SSSR count). The summed E-state index contributed by atoms with van der Waals surface area (Å²) in [5, 5.41) is 21.1. The van der Waals surface area contributed by atoms with E-state index in [1.807, 2.05) is 6.92 Å². The van der Waals surface area contributed by atoms with Crippen LogP contribution in [-0.4, -0.2) is 22.3 Å². The number of carboxylic acids is 1. The number of rotatable bonds is 1. The van der Waals surface area contributed by atoms with Gasteiger partial charge in [-0.3, -0.25) is 4.79 Å². The quantitative estimate of drug-likeness (QED) is 0.775. The lowest BCUT2D eigenvalue weighted by Crippen LogP contribution is -2.64. The summed E-state index contributed by atoms with van der Waals surface area (Å²) in [6, 6.07) is 0. The summed E-state index contributed by atoms with van der Waals surface area (Å²) in [6.07, 6.45) is 7.06. The summed E-state index contributed by atoms with van der Waals surface area (Å²) >= 11 is 0. The standard InChI is InChI=1S/C20H30O3/c1-17-5-4-6-18(2,16(22)23)13(17)8-15(21)20-9-12-11(7-14(17)20)19(12,3)10-20/h11-15,21H,4-10H2,1-3H3,(H,22,23)/t11-,12+,13+,14+,15-,17-,18-,19-,20-/m1/s1. The second kappa shape index (κ2) is 3.81. The first-order valence-corrected chi connectivity index (χ1v) is 9.60. The van der Waals surface area contributed by atoms with Crippen LogP contribution in [0.1, 0.15) is 65.7 Å². The van der Waals surface area contributed by atoms with Crippen molar-refractivity contribution in [1.29, 1.82) is 0 Å². The first kappa shape index (κ1) is 14.7. The van der Waals surface area contributed by atoms with Crippen LogP contribution in [0.3, 0.4) is 0 Å².